The number of carbonyl (C=O) groups is 1. The van der Waals surface area contributed by atoms with Crippen LogP contribution >= 0.6 is 31.9 Å². The minimum Gasteiger partial charge on any atom is -0.506 e. The van der Waals surface area contributed by atoms with Crippen molar-refractivity contribution in [2.24, 2.45) is 5.10 Å². The van der Waals surface area contributed by atoms with Crippen LogP contribution in [0.25, 0.3) is 0 Å². The van der Waals surface area contributed by atoms with Gasteiger partial charge in [0.2, 0.25) is 0 Å². The Bertz CT molecular complexity index is 817. The van der Waals surface area contributed by atoms with E-state index in [1.54, 1.807) is 24.3 Å². The number of aromatic carboxylic acids is 1. The van der Waals surface area contributed by atoms with E-state index in [4.69, 9.17) is 9.47 Å². The minimum atomic E-state index is -1.16. The fourth-order valence-electron chi connectivity index (χ4n) is 2.08. The van der Waals surface area contributed by atoms with Gasteiger partial charge in [-0.25, -0.2) is 4.79 Å². The van der Waals surface area contributed by atoms with Gasteiger partial charge in [0.1, 0.15) is 11.3 Å². The first-order valence-electron chi connectivity index (χ1n) is 6.84. The Balaban J connectivity index is 2.34. The summed E-state index contributed by atoms with van der Waals surface area (Å²) in [5.41, 5.74) is 3.64. The van der Waals surface area contributed by atoms with Crippen molar-refractivity contribution in [3.05, 3.63) is 44.3 Å². The van der Waals surface area contributed by atoms with Crippen LogP contribution in [0.15, 0.2) is 38.3 Å². The second-order valence-corrected chi connectivity index (χ2v) is 6.44. The van der Waals surface area contributed by atoms with Crippen molar-refractivity contribution in [2.45, 2.75) is 0 Å². The predicted molar refractivity (Wildman–Crippen MR) is 101 cm³/mol. The second-order valence-electron chi connectivity index (χ2n) is 4.73. The first kappa shape index (κ1) is 19.1. The molecule has 0 amide bonds. The molecule has 0 saturated heterocycles. The monoisotopic (exact) mass is 472 g/mol. The Morgan fingerprint density at radius 2 is 1.84 bits per heavy atom. The Hall–Kier alpha value is -2.26. The quantitative estimate of drug-likeness (QED) is 0.332. The number of halogens is 2. The van der Waals surface area contributed by atoms with Gasteiger partial charge in [0.05, 0.1) is 35.1 Å². The fraction of sp³-hybridized carbons (Fsp3) is 0.125. The molecule has 25 heavy (non-hydrogen) atoms. The molecule has 2 aromatic carbocycles. The average molecular weight is 474 g/mol. The van der Waals surface area contributed by atoms with Crippen molar-refractivity contribution < 1.29 is 24.5 Å². The average Bonchev–Trinajstić information content (AvgIpc) is 2.58. The maximum absolute atomic E-state index is 11.6. The zero-order chi connectivity index (χ0) is 18.6. The number of phenolic OH excluding ortho intramolecular Hbond substituents is 1. The van der Waals surface area contributed by atoms with Gasteiger partial charge in [-0.15, -0.1) is 0 Å². The maximum atomic E-state index is 11.6. The van der Waals surface area contributed by atoms with Crippen LogP contribution in [0, 0.1) is 0 Å². The molecule has 0 aliphatic heterocycles. The van der Waals surface area contributed by atoms with Crippen LogP contribution in [-0.2, 0) is 0 Å². The van der Waals surface area contributed by atoms with Crippen molar-refractivity contribution in [2.75, 3.05) is 19.6 Å². The highest BCUT2D eigenvalue weighted by molar-refractivity contribution is 9.11. The Morgan fingerprint density at radius 1 is 1.20 bits per heavy atom. The van der Waals surface area contributed by atoms with E-state index in [0.29, 0.717) is 25.9 Å². The molecule has 2 aromatic rings. The summed E-state index contributed by atoms with van der Waals surface area (Å²) < 4.78 is 11.2. The number of carboxylic acid groups (broad SMARTS) is 1. The van der Waals surface area contributed by atoms with Crippen LogP contribution in [0.5, 0.6) is 17.2 Å². The van der Waals surface area contributed by atoms with Crippen molar-refractivity contribution in [3.8, 4) is 17.2 Å². The topological polar surface area (TPSA) is 100 Å². The number of phenols is 1. The molecular weight excluding hydrogens is 460 g/mol. The number of methoxy groups -OCH3 is 2. The van der Waals surface area contributed by atoms with Crippen molar-refractivity contribution in [1.29, 1.82) is 0 Å². The van der Waals surface area contributed by atoms with Crippen LogP contribution in [0.2, 0.25) is 0 Å². The number of ether oxygens (including phenoxy) is 2. The second kappa shape index (κ2) is 8.21. The zero-order valence-electron chi connectivity index (χ0n) is 13.2. The Kier molecular flexibility index (Phi) is 6.27. The van der Waals surface area contributed by atoms with Gasteiger partial charge in [0.25, 0.3) is 0 Å². The third-order valence-corrected chi connectivity index (χ3v) is 4.41. The molecule has 0 radical (unpaired) electrons. The highest BCUT2D eigenvalue weighted by Crippen LogP contribution is 2.35. The number of anilines is 1. The van der Waals surface area contributed by atoms with Gasteiger partial charge in [0.15, 0.2) is 11.5 Å². The summed E-state index contributed by atoms with van der Waals surface area (Å²) in [6, 6.07) is 6.42. The van der Waals surface area contributed by atoms with Gasteiger partial charge >= 0.3 is 5.97 Å². The summed E-state index contributed by atoms with van der Waals surface area (Å²) in [5, 5.41) is 23.2. The third-order valence-electron chi connectivity index (χ3n) is 3.21. The van der Waals surface area contributed by atoms with Crippen molar-refractivity contribution in [1.82, 2.24) is 0 Å². The Labute approximate surface area is 160 Å². The van der Waals surface area contributed by atoms with E-state index in [0.717, 1.165) is 0 Å². The molecule has 0 saturated carbocycles. The lowest BCUT2D eigenvalue weighted by molar-refractivity contribution is 0.0692. The molecule has 0 bridgehead atoms. The van der Waals surface area contributed by atoms with Crippen molar-refractivity contribution >= 4 is 49.7 Å². The highest BCUT2D eigenvalue weighted by Gasteiger charge is 2.20. The van der Waals surface area contributed by atoms with Gasteiger partial charge < -0.3 is 19.7 Å². The molecule has 0 aromatic heterocycles. The lowest BCUT2D eigenvalue weighted by Crippen LogP contribution is -2.07. The van der Waals surface area contributed by atoms with Gasteiger partial charge in [0, 0.05) is 5.56 Å². The lowest BCUT2D eigenvalue weighted by atomic mass is 10.1. The fourth-order valence-corrected chi connectivity index (χ4v) is 3.26. The number of aromatic hydroxyl groups is 1. The van der Waals surface area contributed by atoms with Crippen LogP contribution in [-0.4, -0.2) is 36.6 Å². The molecule has 132 valence electrons. The summed E-state index contributed by atoms with van der Waals surface area (Å²) in [6.07, 6.45) is 1.36. The minimum absolute atomic E-state index is 0.0551. The van der Waals surface area contributed by atoms with Gasteiger partial charge in [-0.05, 0) is 56.1 Å². The smallest absolute Gasteiger partial charge is 0.340 e. The summed E-state index contributed by atoms with van der Waals surface area (Å²) >= 11 is 6.44. The van der Waals surface area contributed by atoms with E-state index >= 15 is 0 Å². The van der Waals surface area contributed by atoms with E-state index in [1.807, 2.05) is 0 Å². The number of rotatable bonds is 6. The largest absolute Gasteiger partial charge is 0.506 e. The number of benzene rings is 2. The van der Waals surface area contributed by atoms with E-state index in [1.165, 1.54) is 20.4 Å². The predicted octanol–water partition coefficient (Wildman–Crippen LogP) is 4.08. The summed E-state index contributed by atoms with van der Waals surface area (Å²) in [7, 11) is 2.80. The lowest BCUT2D eigenvalue weighted by Gasteiger charge is -2.12. The van der Waals surface area contributed by atoms with Gasteiger partial charge in [-0.2, -0.15) is 5.10 Å². The number of carboxylic acids is 1. The molecular formula is C16H14Br2N2O5. The molecule has 0 aliphatic rings. The number of nitrogens with one attached hydrogen (secondary N) is 1. The molecule has 0 spiro atoms. The number of hydrogen-bond acceptors (Lipinski definition) is 6. The van der Waals surface area contributed by atoms with Crippen LogP contribution < -0.4 is 14.9 Å². The maximum Gasteiger partial charge on any atom is 0.340 e. The number of hydrogen-bond donors (Lipinski definition) is 3. The molecule has 0 unspecified atom stereocenters. The molecule has 3 N–H and O–H groups in total. The van der Waals surface area contributed by atoms with Gasteiger partial charge in [-0.3, -0.25) is 5.43 Å². The number of hydrazone groups is 1. The molecule has 0 fully saturated rings. The van der Waals surface area contributed by atoms with E-state index < -0.39 is 5.97 Å². The first-order chi connectivity index (χ1) is 11.9. The summed E-state index contributed by atoms with van der Waals surface area (Å²) in [6.45, 7) is 0. The molecule has 0 heterocycles. The van der Waals surface area contributed by atoms with Crippen LogP contribution in [0.1, 0.15) is 15.9 Å². The van der Waals surface area contributed by atoms with E-state index in [-0.39, 0.29) is 17.1 Å². The zero-order valence-corrected chi connectivity index (χ0v) is 16.4. The van der Waals surface area contributed by atoms with Crippen LogP contribution in [0.3, 0.4) is 0 Å². The highest BCUT2D eigenvalue weighted by atomic mass is 79.9. The normalized spacial score (nSPS) is 10.7. The molecule has 0 atom stereocenters. The van der Waals surface area contributed by atoms with Crippen molar-refractivity contribution in [3.63, 3.8) is 0 Å². The van der Waals surface area contributed by atoms with Gasteiger partial charge in [-0.1, -0.05) is 0 Å². The summed E-state index contributed by atoms with van der Waals surface area (Å²) in [5.74, 6) is -0.652. The molecule has 2 rings (SSSR count). The molecule has 7 nitrogen and oxygen atoms in total. The standard InChI is InChI=1S/C16H14Br2N2O5/c1-24-12-4-3-8(13(16(22)23)15(12)25-2)7-19-20-9-5-10(17)14(21)11(18)6-9/h3-7,20-21H,1-2H3,(H,22,23). The molecule has 0 aliphatic carbocycles. The molecule has 9 heteroatoms. The Morgan fingerprint density at radius 3 is 2.36 bits per heavy atom. The first-order valence-corrected chi connectivity index (χ1v) is 8.43. The SMILES string of the molecule is COc1ccc(C=NNc2cc(Br)c(O)c(Br)c2)c(C(=O)O)c1OC. The summed E-state index contributed by atoms with van der Waals surface area (Å²) in [4.78, 5) is 11.6. The van der Waals surface area contributed by atoms with E-state index in [2.05, 4.69) is 42.4 Å². The third kappa shape index (κ3) is 4.23. The van der Waals surface area contributed by atoms with Crippen LogP contribution in [0.4, 0.5) is 5.69 Å². The number of nitrogens with zero attached hydrogens (tertiary/aromatic N) is 1. The van der Waals surface area contributed by atoms with E-state index in [9.17, 15) is 15.0 Å².